The summed E-state index contributed by atoms with van der Waals surface area (Å²) in [5, 5.41) is 9.58. The van der Waals surface area contributed by atoms with Crippen LogP contribution in [0.2, 0.25) is 0 Å². The highest BCUT2D eigenvalue weighted by Crippen LogP contribution is 2.58. The van der Waals surface area contributed by atoms with Crippen LogP contribution in [0.5, 0.6) is 0 Å². The molecule has 1 spiro atoms. The van der Waals surface area contributed by atoms with Gasteiger partial charge in [0.05, 0.1) is 17.4 Å². The highest BCUT2D eigenvalue weighted by molar-refractivity contribution is 6.04. The summed E-state index contributed by atoms with van der Waals surface area (Å²) in [5.41, 5.74) is -1.47. The second-order valence-electron chi connectivity index (χ2n) is 10.8. The van der Waals surface area contributed by atoms with Crippen LogP contribution in [-0.2, 0) is 19.1 Å². The zero-order valence-corrected chi connectivity index (χ0v) is 22.4. The first-order valence-corrected chi connectivity index (χ1v) is 14.1. The smallest absolute Gasteiger partial charge is 0.249 e. The number of carbonyl (C=O) groups excluding carboxylic acids is 3. The molecule has 1 N–H and O–H groups in total. The molecule has 2 fully saturated rings. The lowest BCUT2D eigenvalue weighted by Gasteiger charge is -2.38. The normalized spacial score (nSPS) is 32.3. The van der Waals surface area contributed by atoms with Gasteiger partial charge in [-0.15, -0.1) is 0 Å². The zero-order valence-electron chi connectivity index (χ0n) is 22.4. The molecule has 0 radical (unpaired) electrons. The van der Waals surface area contributed by atoms with Crippen molar-refractivity contribution >= 4 is 23.4 Å². The van der Waals surface area contributed by atoms with Crippen LogP contribution in [0.3, 0.4) is 0 Å². The Labute approximate surface area is 224 Å². The van der Waals surface area contributed by atoms with Gasteiger partial charge in [0.2, 0.25) is 17.7 Å². The number of rotatable bonds is 9. The van der Waals surface area contributed by atoms with Gasteiger partial charge in [0.1, 0.15) is 11.6 Å². The van der Waals surface area contributed by atoms with Crippen molar-refractivity contribution in [1.82, 2.24) is 9.80 Å². The summed E-state index contributed by atoms with van der Waals surface area (Å²) in [7, 11) is 0. The van der Waals surface area contributed by atoms with Gasteiger partial charge < -0.3 is 24.5 Å². The molecule has 1 aromatic carbocycles. The van der Waals surface area contributed by atoms with Crippen LogP contribution in [0.4, 0.5) is 5.69 Å². The largest absolute Gasteiger partial charge is 0.396 e. The topological polar surface area (TPSA) is 90.4 Å². The van der Waals surface area contributed by atoms with E-state index in [0.717, 1.165) is 24.9 Å². The van der Waals surface area contributed by atoms with Gasteiger partial charge in [-0.3, -0.25) is 14.4 Å². The SMILES string of the molecule is CCCCCN1CC=C[C@]23O[C@]4(CC)C=CCN(c5ccccc5)C(=O)[C@@H]4[C@H]2C(=O)N(CCCO)C3C1=O. The molecule has 8 nitrogen and oxygen atoms in total. The van der Waals surface area contributed by atoms with Crippen molar-refractivity contribution in [2.24, 2.45) is 11.8 Å². The van der Waals surface area contributed by atoms with Crippen molar-refractivity contribution in [3.8, 4) is 0 Å². The molecule has 0 aromatic heterocycles. The Morgan fingerprint density at radius 3 is 2.37 bits per heavy atom. The average Bonchev–Trinajstić information content (AvgIpc) is 3.22. The number of ether oxygens (including phenoxy) is 1. The molecule has 1 unspecified atom stereocenters. The maximum Gasteiger partial charge on any atom is 0.249 e. The summed E-state index contributed by atoms with van der Waals surface area (Å²) < 4.78 is 6.96. The van der Waals surface area contributed by atoms with Gasteiger partial charge in [-0.1, -0.05) is 69.2 Å². The molecule has 8 heteroatoms. The summed E-state index contributed by atoms with van der Waals surface area (Å²) in [6.45, 7) is 5.69. The summed E-state index contributed by atoms with van der Waals surface area (Å²) in [6, 6.07) is 8.62. The van der Waals surface area contributed by atoms with Gasteiger partial charge in [0.25, 0.3) is 0 Å². The molecule has 4 aliphatic rings. The fourth-order valence-electron chi connectivity index (χ4n) is 6.88. The van der Waals surface area contributed by atoms with Crippen molar-refractivity contribution in [3.05, 3.63) is 54.6 Å². The van der Waals surface area contributed by atoms with Crippen molar-refractivity contribution in [2.75, 3.05) is 37.7 Å². The molecule has 204 valence electrons. The quantitative estimate of drug-likeness (QED) is 0.399. The van der Waals surface area contributed by atoms with E-state index in [1.54, 1.807) is 9.80 Å². The number of hydrogen-bond donors (Lipinski definition) is 1. The minimum atomic E-state index is -1.25. The third-order valence-electron chi connectivity index (χ3n) is 8.68. The van der Waals surface area contributed by atoms with Gasteiger partial charge >= 0.3 is 0 Å². The lowest BCUT2D eigenvalue weighted by molar-refractivity contribution is -0.152. The molecule has 4 heterocycles. The van der Waals surface area contributed by atoms with Crippen LogP contribution in [0, 0.1) is 11.8 Å². The first kappa shape index (κ1) is 26.6. The number of carbonyl (C=O) groups is 3. The predicted molar refractivity (Wildman–Crippen MR) is 144 cm³/mol. The first-order valence-electron chi connectivity index (χ1n) is 14.1. The summed E-state index contributed by atoms with van der Waals surface area (Å²) in [5.74, 6) is -2.15. The van der Waals surface area contributed by atoms with Crippen molar-refractivity contribution in [3.63, 3.8) is 0 Å². The summed E-state index contributed by atoms with van der Waals surface area (Å²) in [6.07, 6.45) is 11.6. The third-order valence-corrected chi connectivity index (χ3v) is 8.68. The Kier molecular flexibility index (Phi) is 7.47. The van der Waals surface area contributed by atoms with Gasteiger partial charge in [0.15, 0.2) is 0 Å². The highest BCUT2D eigenvalue weighted by atomic mass is 16.5. The maximum absolute atomic E-state index is 14.4. The van der Waals surface area contributed by atoms with Gasteiger partial charge in [-0.05, 0) is 31.4 Å². The van der Waals surface area contributed by atoms with E-state index >= 15 is 0 Å². The van der Waals surface area contributed by atoms with Crippen LogP contribution in [0.1, 0.15) is 46.0 Å². The maximum atomic E-state index is 14.4. The zero-order chi connectivity index (χ0) is 26.9. The molecule has 0 aliphatic carbocycles. The van der Waals surface area contributed by atoms with Gasteiger partial charge in [-0.2, -0.15) is 0 Å². The van der Waals surface area contributed by atoms with Crippen LogP contribution < -0.4 is 4.90 Å². The van der Waals surface area contributed by atoms with E-state index < -0.39 is 29.1 Å². The average molecular weight is 522 g/mol. The second kappa shape index (κ2) is 10.7. The monoisotopic (exact) mass is 521 g/mol. The number of para-hydroxylation sites is 1. The van der Waals surface area contributed by atoms with E-state index in [2.05, 4.69) is 6.92 Å². The lowest BCUT2D eigenvalue weighted by atomic mass is 9.73. The van der Waals surface area contributed by atoms with Crippen LogP contribution in [0.15, 0.2) is 54.6 Å². The molecule has 0 bridgehead atoms. The minimum absolute atomic E-state index is 0.0922. The third kappa shape index (κ3) is 4.09. The minimum Gasteiger partial charge on any atom is -0.396 e. The second-order valence-corrected chi connectivity index (χ2v) is 10.8. The van der Waals surface area contributed by atoms with E-state index in [0.29, 0.717) is 32.5 Å². The van der Waals surface area contributed by atoms with E-state index in [1.807, 2.05) is 66.5 Å². The van der Waals surface area contributed by atoms with Gasteiger partial charge in [-0.25, -0.2) is 0 Å². The lowest BCUT2D eigenvalue weighted by Crippen LogP contribution is -2.56. The number of aliphatic hydroxyl groups excluding tert-OH is 1. The van der Waals surface area contributed by atoms with E-state index in [4.69, 9.17) is 4.74 Å². The fraction of sp³-hybridized carbons (Fsp3) is 0.567. The number of unbranched alkanes of at least 4 members (excludes halogenated alkanes) is 2. The number of nitrogens with zero attached hydrogens (tertiary/aromatic N) is 3. The molecule has 3 amide bonds. The van der Waals surface area contributed by atoms with Gasteiger partial charge in [0, 0.05) is 38.5 Å². The Morgan fingerprint density at radius 2 is 1.66 bits per heavy atom. The number of amides is 3. The number of fused-ring (bicyclic) bond motifs is 2. The van der Waals surface area contributed by atoms with E-state index in [9.17, 15) is 19.5 Å². The summed E-state index contributed by atoms with van der Waals surface area (Å²) in [4.78, 5) is 47.9. The summed E-state index contributed by atoms with van der Waals surface area (Å²) >= 11 is 0. The number of hydrogen-bond acceptors (Lipinski definition) is 5. The number of benzene rings is 1. The molecule has 0 saturated carbocycles. The standard InChI is InChI=1S/C30H39N3O5/c1-3-5-9-17-31-18-11-16-30-24(27(36)33(20-12-21-34)25(30)28(31)37)23-26(35)32(22-13-7-6-8-14-22)19-10-15-29(23,4-2)38-30/h6-8,10-11,13-16,23-25,34H,3-5,9,12,17-21H2,1-2H3/t23-,24-,25?,29+,30-/m0/s1. The van der Waals surface area contributed by atoms with Crippen molar-refractivity contribution in [2.45, 2.75) is 63.2 Å². The van der Waals surface area contributed by atoms with Crippen LogP contribution >= 0.6 is 0 Å². The number of aliphatic hydroxyl groups is 1. The fourth-order valence-corrected chi connectivity index (χ4v) is 6.88. The van der Waals surface area contributed by atoms with Crippen molar-refractivity contribution in [1.29, 1.82) is 0 Å². The highest BCUT2D eigenvalue weighted by Gasteiger charge is 2.75. The number of anilines is 1. The first-order chi connectivity index (χ1) is 18.4. The van der Waals surface area contributed by atoms with Crippen molar-refractivity contribution < 1.29 is 24.2 Å². The molecule has 2 saturated heterocycles. The molecular formula is C30H39N3O5. The Hall–Kier alpha value is -2.97. The molecular weight excluding hydrogens is 482 g/mol. The van der Waals surface area contributed by atoms with Crippen LogP contribution in [-0.4, -0.2) is 82.7 Å². The Bertz CT molecular complexity index is 1120. The molecule has 5 rings (SSSR count). The predicted octanol–water partition coefficient (Wildman–Crippen LogP) is 2.92. The molecule has 38 heavy (non-hydrogen) atoms. The number of likely N-dealkylation sites (tertiary alicyclic amines) is 1. The van der Waals surface area contributed by atoms with E-state index in [-0.39, 0.29) is 30.9 Å². The Balaban J connectivity index is 1.60. The van der Waals surface area contributed by atoms with E-state index in [1.165, 1.54) is 0 Å². The Morgan fingerprint density at radius 1 is 0.895 bits per heavy atom. The van der Waals surface area contributed by atoms with Crippen LogP contribution in [0.25, 0.3) is 0 Å². The molecule has 1 aromatic rings. The molecule has 4 aliphatic heterocycles. The molecule has 5 atom stereocenters.